The molecule has 6 nitrogen and oxygen atoms in total. The fourth-order valence-corrected chi connectivity index (χ4v) is 3.54. The number of aromatic carboxylic acids is 1. The van der Waals surface area contributed by atoms with Crippen molar-refractivity contribution in [3.63, 3.8) is 0 Å². The Morgan fingerprint density at radius 1 is 1.14 bits per heavy atom. The van der Waals surface area contributed by atoms with Gasteiger partial charge in [0.15, 0.2) is 0 Å². The molecule has 0 saturated carbocycles. The highest BCUT2D eigenvalue weighted by atomic mass is 19.1. The maximum absolute atomic E-state index is 14.8. The molecule has 29 heavy (non-hydrogen) atoms. The molecule has 1 saturated heterocycles. The van der Waals surface area contributed by atoms with E-state index in [9.17, 15) is 27.9 Å². The maximum Gasteiger partial charge on any atom is 0.341 e. The van der Waals surface area contributed by atoms with Crippen LogP contribution in [0.2, 0.25) is 0 Å². The quantitative estimate of drug-likeness (QED) is 0.702. The highest BCUT2D eigenvalue weighted by Crippen LogP contribution is 2.32. The van der Waals surface area contributed by atoms with E-state index in [2.05, 4.69) is 0 Å². The van der Waals surface area contributed by atoms with Crippen LogP contribution in [-0.4, -0.2) is 34.3 Å². The summed E-state index contributed by atoms with van der Waals surface area (Å²) in [7, 11) is 0. The molecule has 2 atom stereocenters. The molecule has 4 rings (SSSR count). The molecule has 0 bridgehead atoms. The molecule has 0 unspecified atom stereocenters. The summed E-state index contributed by atoms with van der Waals surface area (Å²) in [6, 6.07) is 4.76. The Morgan fingerprint density at radius 2 is 1.83 bits per heavy atom. The third-order valence-corrected chi connectivity index (χ3v) is 5.30. The van der Waals surface area contributed by atoms with Crippen LogP contribution in [0, 0.1) is 17.5 Å². The highest BCUT2D eigenvalue weighted by Gasteiger charge is 2.34. The number of fused-ring (bicyclic) bond motifs is 1. The lowest BCUT2D eigenvalue weighted by Crippen LogP contribution is -2.63. The second-order valence-corrected chi connectivity index (χ2v) is 7.02. The van der Waals surface area contributed by atoms with Gasteiger partial charge in [0.05, 0.1) is 16.9 Å². The summed E-state index contributed by atoms with van der Waals surface area (Å²) in [5.74, 6) is -4.04. The lowest BCUT2D eigenvalue weighted by molar-refractivity contribution is 0.0695. The van der Waals surface area contributed by atoms with Crippen LogP contribution >= 0.6 is 0 Å². The molecule has 150 valence electrons. The van der Waals surface area contributed by atoms with Crippen LogP contribution in [0.25, 0.3) is 16.6 Å². The minimum Gasteiger partial charge on any atom is -0.477 e. The van der Waals surface area contributed by atoms with E-state index in [4.69, 9.17) is 5.73 Å². The zero-order chi connectivity index (χ0) is 21.0. The molecule has 0 spiro atoms. The minimum atomic E-state index is -1.54. The number of anilines is 1. The highest BCUT2D eigenvalue weighted by molar-refractivity contribution is 5.94. The summed E-state index contributed by atoms with van der Waals surface area (Å²) in [6.07, 6.45) is 0.955. The number of rotatable bonds is 3. The van der Waals surface area contributed by atoms with Crippen molar-refractivity contribution in [2.75, 3.05) is 11.4 Å². The van der Waals surface area contributed by atoms with Gasteiger partial charge in [0.1, 0.15) is 23.0 Å². The normalized spacial score (nSPS) is 18.7. The number of carbonyl (C=O) groups is 1. The van der Waals surface area contributed by atoms with Crippen molar-refractivity contribution in [2.24, 2.45) is 5.73 Å². The molecule has 9 heteroatoms. The van der Waals surface area contributed by atoms with E-state index in [-0.39, 0.29) is 34.4 Å². The van der Waals surface area contributed by atoms with E-state index in [1.165, 1.54) is 6.07 Å². The summed E-state index contributed by atoms with van der Waals surface area (Å²) in [6.45, 7) is 2.21. The molecule has 2 aromatic carbocycles. The van der Waals surface area contributed by atoms with E-state index >= 15 is 0 Å². The Bertz CT molecular complexity index is 1230. The van der Waals surface area contributed by atoms with Crippen molar-refractivity contribution in [3.05, 3.63) is 69.8 Å². The molecular formula is C20H16F3N3O3. The van der Waals surface area contributed by atoms with Gasteiger partial charge in [-0.2, -0.15) is 0 Å². The van der Waals surface area contributed by atoms with Crippen LogP contribution in [0.3, 0.4) is 0 Å². The number of carboxylic acid groups (broad SMARTS) is 1. The zero-order valence-electron chi connectivity index (χ0n) is 15.2. The molecule has 2 heterocycles. The lowest BCUT2D eigenvalue weighted by atomic mass is 9.97. The second kappa shape index (κ2) is 6.63. The molecule has 1 aliphatic heterocycles. The minimum absolute atomic E-state index is 0.0922. The van der Waals surface area contributed by atoms with Crippen molar-refractivity contribution < 1.29 is 23.1 Å². The van der Waals surface area contributed by atoms with Gasteiger partial charge in [0.2, 0.25) is 5.43 Å². The van der Waals surface area contributed by atoms with Crippen LogP contribution in [0.15, 0.2) is 41.3 Å². The van der Waals surface area contributed by atoms with Gasteiger partial charge in [-0.3, -0.25) is 4.79 Å². The molecule has 1 aromatic heterocycles. The first kappa shape index (κ1) is 19.0. The Hall–Kier alpha value is -3.33. The summed E-state index contributed by atoms with van der Waals surface area (Å²) < 4.78 is 43.7. The molecule has 3 N–H and O–H groups in total. The summed E-state index contributed by atoms with van der Waals surface area (Å²) in [4.78, 5) is 25.8. The van der Waals surface area contributed by atoms with Gasteiger partial charge < -0.3 is 20.3 Å². The fraction of sp³-hybridized carbons (Fsp3) is 0.200. The monoisotopic (exact) mass is 403 g/mol. The van der Waals surface area contributed by atoms with Crippen molar-refractivity contribution in [3.8, 4) is 5.69 Å². The lowest BCUT2D eigenvalue weighted by Gasteiger charge is -2.46. The van der Waals surface area contributed by atoms with Crippen LogP contribution in [0.4, 0.5) is 18.9 Å². The Kier molecular flexibility index (Phi) is 4.34. The summed E-state index contributed by atoms with van der Waals surface area (Å²) >= 11 is 0. The Morgan fingerprint density at radius 3 is 2.41 bits per heavy atom. The third kappa shape index (κ3) is 2.94. The number of pyridine rings is 1. The molecule has 3 aromatic rings. The van der Waals surface area contributed by atoms with Gasteiger partial charge in [0.25, 0.3) is 0 Å². The zero-order valence-corrected chi connectivity index (χ0v) is 15.2. The predicted octanol–water partition coefficient (Wildman–Crippen LogP) is 2.64. The van der Waals surface area contributed by atoms with E-state index in [1.807, 2.05) is 6.92 Å². The van der Waals surface area contributed by atoms with Gasteiger partial charge in [-0.1, -0.05) is 0 Å². The topological polar surface area (TPSA) is 88.6 Å². The van der Waals surface area contributed by atoms with Gasteiger partial charge in [-0.25, -0.2) is 18.0 Å². The first-order chi connectivity index (χ1) is 13.7. The predicted molar refractivity (Wildman–Crippen MR) is 101 cm³/mol. The van der Waals surface area contributed by atoms with Gasteiger partial charge >= 0.3 is 5.97 Å². The average Bonchev–Trinajstić information content (AvgIpc) is 2.66. The smallest absolute Gasteiger partial charge is 0.341 e. The number of aromatic nitrogens is 1. The van der Waals surface area contributed by atoms with Crippen LogP contribution in [0.5, 0.6) is 0 Å². The number of benzene rings is 2. The van der Waals surface area contributed by atoms with Crippen molar-refractivity contribution in [2.45, 2.75) is 19.0 Å². The van der Waals surface area contributed by atoms with E-state index in [1.54, 1.807) is 4.90 Å². The SMILES string of the molecule is C[C@@H]1[C@@H](N)CN1c1cc2c(cc1F)c(=O)c(C(=O)O)cn2-c1ccc(F)cc1F. The van der Waals surface area contributed by atoms with Gasteiger partial charge in [-0.15, -0.1) is 0 Å². The standard InChI is InChI=1S/C20H16F3N3O3/c1-9-15(24)8-25(9)18-6-17-11(5-14(18)23)19(27)12(20(28)29)7-26(17)16-3-2-10(21)4-13(16)22/h2-7,9,15H,8,24H2,1H3,(H,28,29)/t9-,15+/m1/s1. The van der Waals surface area contributed by atoms with Crippen molar-refractivity contribution in [1.29, 1.82) is 0 Å². The van der Waals surface area contributed by atoms with Gasteiger partial charge in [0, 0.05) is 36.3 Å². The van der Waals surface area contributed by atoms with Crippen molar-refractivity contribution >= 4 is 22.6 Å². The largest absolute Gasteiger partial charge is 0.477 e. The summed E-state index contributed by atoms with van der Waals surface area (Å²) in [5, 5.41) is 9.12. The molecule has 0 radical (unpaired) electrons. The molecular weight excluding hydrogens is 387 g/mol. The van der Waals surface area contributed by atoms with Crippen LogP contribution in [-0.2, 0) is 0 Å². The first-order valence-electron chi connectivity index (χ1n) is 8.79. The molecule has 1 aliphatic rings. The fourth-order valence-electron chi connectivity index (χ4n) is 3.54. The van der Waals surface area contributed by atoms with Crippen LogP contribution in [0.1, 0.15) is 17.3 Å². The van der Waals surface area contributed by atoms with Gasteiger partial charge in [-0.05, 0) is 31.2 Å². The molecule has 0 aliphatic carbocycles. The molecule has 0 amide bonds. The third-order valence-electron chi connectivity index (χ3n) is 5.30. The van der Waals surface area contributed by atoms with Crippen LogP contribution < -0.4 is 16.1 Å². The number of halogens is 3. The van der Waals surface area contributed by atoms with E-state index in [0.29, 0.717) is 12.6 Å². The second-order valence-electron chi connectivity index (χ2n) is 7.02. The number of hydrogen-bond acceptors (Lipinski definition) is 4. The summed E-state index contributed by atoms with van der Waals surface area (Å²) in [5.41, 5.74) is 4.39. The molecule has 1 fully saturated rings. The average molecular weight is 403 g/mol. The number of nitrogens with two attached hydrogens (primary N) is 1. The Balaban J connectivity index is 2.06. The number of hydrogen-bond donors (Lipinski definition) is 2. The number of nitrogens with zero attached hydrogens (tertiary/aromatic N) is 2. The van der Waals surface area contributed by atoms with E-state index in [0.717, 1.165) is 29.0 Å². The maximum atomic E-state index is 14.8. The first-order valence-corrected chi connectivity index (χ1v) is 8.79. The van der Waals surface area contributed by atoms with Crippen molar-refractivity contribution in [1.82, 2.24) is 4.57 Å². The number of carboxylic acids is 1. The Labute approximate surface area is 162 Å². The van der Waals surface area contributed by atoms with E-state index < -0.39 is 34.4 Å².